The molecule has 2 aromatic rings. The van der Waals surface area contributed by atoms with Gasteiger partial charge in [-0.1, -0.05) is 55.3 Å². The fourth-order valence-corrected chi connectivity index (χ4v) is 4.13. The van der Waals surface area contributed by atoms with Crippen LogP contribution in [0, 0.1) is 0 Å². The topological polar surface area (TPSA) is 66.4 Å². The number of rotatable bonds is 8. The van der Waals surface area contributed by atoms with Gasteiger partial charge < -0.3 is 5.11 Å². The van der Waals surface area contributed by atoms with E-state index in [-0.39, 0.29) is 17.4 Å². The summed E-state index contributed by atoms with van der Waals surface area (Å²) in [6.07, 6.45) is 1.66. The highest BCUT2D eigenvalue weighted by molar-refractivity contribution is 7.89. The summed E-state index contributed by atoms with van der Waals surface area (Å²) in [6.45, 7) is 1.77. The molecule has 0 saturated carbocycles. The van der Waals surface area contributed by atoms with E-state index >= 15 is 0 Å². The molecule has 0 heterocycles. The first-order chi connectivity index (χ1) is 11.5. The molecule has 0 aliphatic rings. The van der Waals surface area contributed by atoms with Gasteiger partial charge in [0.15, 0.2) is 0 Å². The van der Waals surface area contributed by atoms with Crippen LogP contribution in [0.3, 0.4) is 0 Å². The summed E-state index contributed by atoms with van der Waals surface area (Å²) in [7, 11) is -3.73. The minimum Gasteiger partial charge on any atom is -0.395 e. The monoisotopic (exact) mass is 367 g/mol. The van der Waals surface area contributed by atoms with Gasteiger partial charge in [0.2, 0.25) is 10.0 Å². The van der Waals surface area contributed by atoms with Crippen molar-refractivity contribution in [1.29, 1.82) is 0 Å². The smallest absolute Gasteiger partial charge is 0.240 e. The van der Waals surface area contributed by atoms with Crippen molar-refractivity contribution < 1.29 is 13.5 Å². The van der Waals surface area contributed by atoms with E-state index in [1.165, 1.54) is 24.3 Å². The van der Waals surface area contributed by atoms with E-state index in [2.05, 4.69) is 4.72 Å². The van der Waals surface area contributed by atoms with E-state index in [0.29, 0.717) is 5.02 Å². The van der Waals surface area contributed by atoms with Crippen LogP contribution in [-0.2, 0) is 10.0 Å². The molecule has 0 radical (unpaired) electrons. The number of hydrogen-bond donors (Lipinski definition) is 2. The fraction of sp³-hybridized carbons (Fsp3) is 0.333. The zero-order valence-corrected chi connectivity index (χ0v) is 15.1. The Labute approximate surface area is 148 Å². The average molecular weight is 368 g/mol. The maximum absolute atomic E-state index is 12.6. The van der Waals surface area contributed by atoms with Gasteiger partial charge in [0.05, 0.1) is 17.5 Å². The molecule has 0 aromatic heterocycles. The summed E-state index contributed by atoms with van der Waals surface area (Å²) >= 11 is 5.81. The molecule has 130 valence electrons. The van der Waals surface area contributed by atoms with E-state index in [9.17, 15) is 13.5 Å². The van der Waals surface area contributed by atoms with E-state index in [4.69, 9.17) is 11.6 Å². The van der Waals surface area contributed by atoms with Crippen LogP contribution in [0.2, 0.25) is 5.02 Å². The number of sulfonamides is 1. The van der Waals surface area contributed by atoms with Crippen LogP contribution in [0.4, 0.5) is 0 Å². The van der Waals surface area contributed by atoms with E-state index in [1.807, 2.05) is 37.3 Å². The normalized spacial score (nSPS) is 14.3. The zero-order chi connectivity index (χ0) is 17.6. The van der Waals surface area contributed by atoms with Crippen LogP contribution in [0.5, 0.6) is 0 Å². The third-order valence-electron chi connectivity index (χ3n) is 3.94. The van der Waals surface area contributed by atoms with Crippen molar-refractivity contribution in [1.82, 2.24) is 4.72 Å². The predicted octanol–water partition coefficient (Wildman–Crippen LogP) is 3.56. The molecular formula is C18H22ClNO3S. The molecular weight excluding hydrogens is 346 g/mol. The molecule has 0 unspecified atom stereocenters. The van der Waals surface area contributed by atoms with Gasteiger partial charge in [-0.05, 0) is 36.2 Å². The molecule has 2 aromatic carbocycles. The van der Waals surface area contributed by atoms with Crippen LogP contribution in [0.1, 0.15) is 31.2 Å². The lowest BCUT2D eigenvalue weighted by Gasteiger charge is -2.26. The summed E-state index contributed by atoms with van der Waals surface area (Å²) in [6, 6.07) is 15.0. The van der Waals surface area contributed by atoms with Crippen LogP contribution in [0.15, 0.2) is 59.5 Å². The fourth-order valence-electron chi connectivity index (χ4n) is 2.74. The van der Waals surface area contributed by atoms with Gasteiger partial charge in [-0.3, -0.25) is 0 Å². The second-order valence-corrected chi connectivity index (χ2v) is 7.82. The Hall–Kier alpha value is -1.40. The van der Waals surface area contributed by atoms with Crippen molar-refractivity contribution in [2.75, 3.05) is 6.61 Å². The largest absolute Gasteiger partial charge is 0.395 e. The number of benzene rings is 2. The summed E-state index contributed by atoms with van der Waals surface area (Å²) in [5.41, 5.74) is 1.01. The van der Waals surface area contributed by atoms with Gasteiger partial charge in [0.1, 0.15) is 0 Å². The SMILES string of the molecule is CCC[C@@H](c1ccccc1)[C@@H](CO)NS(=O)(=O)c1ccc(Cl)cc1. The third-order valence-corrected chi connectivity index (χ3v) is 5.70. The van der Waals surface area contributed by atoms with E-state index in [0.717, 1.165) is 18.4 Å². The Morgan fingerprint density at radius 2 is 1.71 bits per heavy atom. The Morgan fingerprint density at radius 1 is 1.08 bits per heavy atom. The van der Waals surface area contributed by atoms with Gasteiger partial charge in [-0.25, -0.2) is 13.1 Å². The average Bonchev–Trinajstić information content (AvgIpc) is 2.59. The number of aliphatic hydroxyl groups excluding tert-OH is 1. The van der Waals surface area contributed by atoms with E-state index < -0.39 is 16.1 Å². The highest BCUT2D eigenvalue weighted by atomic mass is 35.5. The zero-order valence-electron chi connectivity index (χ0n) is 13.5. The van der Waals surface area contributed by atoms with Gasteiger partial charge >= 0.3 is 0 Å². The molecule has 4 nitrogen and oxygen atoms in total. The second-order valence-electron chi connectivity index (χ2n) is 5.67. The summed E-state index contributed by atoms with van der Waals surface area (Å²) < 4.78 is 27.8. The first-order valence-electron chi connectivity index (χ1n) is 7.91. The van der Waals surface area contributed by atoms with Gasteiger partial charge in [0.25, 0.3) is 0 Å². The quantitative estimate of drug-likeness (QED) is 0.749. The minimum atomic E-state index is -3.73. The van der Waals surface area contributed by atoms with Crippen molar-refractivity contribution in [3.05, 3.63) is 65.2 Å². The first kappa shape index (κ1) is 18.9. The van der Waals surface area contributed by atoms with Crippen LogP contribution < -0.4 is 4.72 Å². The van der Waals surface area contributed by atoms with Crippen LogP contribution >= 0.6 is 11.6 Å². The number of halogens is 1. The van der Waals surface area contributed by atoms with Crippen molar-refractivity contribution in [2.45, 2.75) is 36.6 Å². The summed E-state index contributed by atoms with van der Waals surface area (Å²) in [5, 5.41) is 10.3. The van der Waals surface area contributed by atoms with Gasteiger partial charge in [0, 0.05) is 10.9 Å². The Kier molecular flexibility index (Phi) is 6.80. The van der Waals surface area contributed by atoms with Crippen molar-refractivity contribution in [2.24, 2.45) is 0 Å². The lowest BCUT2D eigenvalue weighted by atomic mass is 9.88. The molecule has 2 N–H and O–H groups in total. The molecule has 0 spiro atoms. The second kappa shape index (κ2) is 8.62. The summed E-state index contributed by atoms with van der Waals surface area (Å²) in [5.74, 6) is -0.0942. The lowest BCUT2D eigenvalue weighted by Crippen LogP contribution is -2.41. The lowest BCUT2D eigenvalue weighted by molar-refractivity contribution is 0.234. The van der Waals surface area contributed by atoms with Crippen molar-refractivity contribution in [3.8, 4) is 0 Å². The van der Waals surface area contributed by atoms with Gasteiger partial charge in [-0.15, -0.1) is 0 Å². The standard InChI is InChI=1S/C18H22ClNO3S/c1-2-6-17(14-7-4-3-5-8-14)18(13-21)20-24(22,23)16-11-9-15(19)10-12-16/h3-5,7-12,17-18,20-21H,2,6,13H2,1H3/t17-,18+/m0/s1. The molecule has 6 heteroatoms. The highest BCUT2D eigenvalue weighted by Gasteiger charge is 2.27. The molecule has 0 amide bonds. The summed E-state index contributed by atoms with van der Waals surface area (Å²) in [4.78, 5) is 0.133. The molecule has 24 heavy (non-hydrogen) atoms. The van der Waals surface area contributed by atoms with Gasteiger partial charge in [-0.2, -0.15) is 0 Å². The Balaban J connectivity index is 2.27. The number of nitrogens with one attached hydrogen (secondary N) is 1. The molecule has 0 saturated heterocycles. The van der Waals surface area contributed by atoms with Crippen molar-refractivity contribution >= 4 is 21.6 Å². The first-order valence-corrected chi connectivity index (χ1v) is 9.77. The maximum atomic E-state index is 12.6. The molecule has 0 bridgehead atoms. The molecule has 0 aliphatic heterocycles. The van der Waals surface area contributed by atoms with Crippen LogP contribution in [-0.4, -0.2) is 26.2 Å². The molecule has 0 fully saturated rings. The number of aliphatic hydroxyl groups is 1. The van der Waals surface area contributed by atoms with E-state index in [1.54, 1.807) is 0 Å². The maximum Gasteiger partial charge on any atom is 0.240 e. The van der Waals surface area contributed by atoms with Crippen LogP contribution in [0.25, 0.3) is 0 Å². The third kappa shape index (κ3) is 4.80. The molecule has 2 atom stereocenters. The van der Waals surface area contributed by atoms with Crippen molar-refractivity contribution in [3.63, 3.8) is 0 Å². The number of hydrogen-bond acceptors (Lipinski definition) is 3. The minimum absolute atomic E-state index is 0.0942. The molecule has 2 rings (SSSR count). The predicted molar refractivity (Wildman–Crippen MR) is 96.7 cm³/mol. The Morgan fingerprint density at radius 3 is 2.25 bits per heavy atom. The Bertz CT molecular complexity index is 733. The molecule has 0 aliphatic carbocycles. The highest BCUT2D eigenvalue weighted by Crippen LogP contribution is 2.26.